The molecule has 2 amide bonds. The highest BCUT2D eigenvalue weighted by atomic mass is 19.3. The average Bonchev–Trinajstić information content (AvgIpc) is 2.54. The first kappa shape index (κ1) is 15.5. The lowest BCUT2D eigenvalue weighted by Crippen LogP contribution is -2.44. The van der Waals surface area contributed by atoms with Crippen LogP contribution in [0.3, 0.4) is 0 Å². The molecule has 0 spiro atoms. The molecule has 0 bridgehead atoms. The van der Waals surface area contributed by atoms with Gasteiger partial charge in [0, 0.05) is 43.6 Å². The fourth-order valence-electron chi connectivity index (χ4n) is 2.61. The molecule has 1 aromatic heterocycles. The van der Waals surface area contributed by atoms with E-state index in [1.807, 2.05) is 12.1 Å². The fourth-order valence-corrected chi connectivity index (χ4v) is 2.61. The van der Waals surface area contributed by atoms with E-state index in [-0.39, 0.29) is 25.9 Å². The summed E-state index contributed by atoms with van der Waals surface area (Å²) >= 11 is 0. The summed E-state index contributed by atoms with van der Waals surface area (Å²) in [5.41, 5.74) is 1.13. The number of hydrogen-bond acceptors (Lipinski definition) is 3. The number of nitrogens with one attached hydrogen (secondary N) is 1. The van der Waals surface area contributed by atoms with Crippen molar-refractivity contribution < 1.29 is 18.3 Å². The minimum Gasteiger partial charge on any atom is -0.497 e. The predicted molar refractivity (Wildman–Crippen MR) is 83.1 cm³/mol. The Bertz CT molecular complexity index is 726. The minimum absolute atomic E-state index is 0.0359. The van der Waals surface area contributed by atoms with E-state index >= 15 is 0 Å². The lowest BCUT2D eigenvalue weighted by atomic mass is 10.1. The third-order valence-electron chi connectivity index (χ3n) is 3.94. The van der Waals surface area contributed by atoms with E-state index in [0.717, 1.165) is 5.39 Å². The molecule has 0 atom stereocenters. The lowest BCUT2D eigenvalue weighted by Gasteiger charge is -2.31. The van der Waals surface area contributed by atoms with Gasteiger partial charge in [-0.25, -0.2) is 13.6 Å². The number of alkyl halides is 2. The van der Waals surface area contributed by atoms with Gasteiger partial charge >= 0.3 is 6.03 Å². The maximum absolute atomic E-state index is 13.2. The standard InChI is InChI=1S/C16H17F2N3O2/c1-23-12-9-11-3-2-6-19-14(11)13(10-12)20-15(22)21-7-4-16(17,18)5-8-21/h2-3,6,9-10H,4-5,7-8H2,1H3,(H,20,22). The van der Waals surface area contributed by atoms with E-state index in [2.05, 4.69) is 10.3 Å². The highest BCUT2D eigenvalue weighted by Gasteiger charge is 2.35. The Morgan fingerprint density at radius 3 is 2.78 bits per heavy atom. The molecule has 1 aliphatic rings. The molecular weight excluding hydrogens is 304 g/mol. The summed E-state index contributed by atoms with van der Waals surface area (Å²) in [7, 11) is 1.54. The number of urea groups is 1. The van der Waals surface area contributed by atoms with E-state index < -0.39 is 12.0 Å². The summed E-state index contributed by atoms with van der Waals surface area (Å²) < 4.78 is 31.6. The van der Waals surface area contributed by atoms with Crippen molar-refractivity contribution in [3.63, 3.8) is 0 Å². The normalized spacial score (nSPS) is 17.1. The Labute approximate surface area is 132 Å². The number of pyridine rings is 1. The van der Waals surface area contributed by atoms with E-state index in [9.17, 15) is 13.6 Å². The number of nitrogens with zero attached hydrogens (tertiary/aromatic N) is 2. The number of aromatic nitrogens is 1. The second kappa shape index (κ2) is 5.98. The quantitative estimate of drug-likeness (QED) is 0.921. The second-order valence-electron chi connectivity index (χ2n) is 5.52. The fraction of sp³-hybridized carbons (Fsp3) is 0.375. The molecule has 0 radical (unpaired) electrons. The van der Waals surface area contributed by atoms with Crippen molar-refractivity contribution in [3.8, 4) is 5.75 Å². The van der Waals surface area contributed by atoms with Crippen molar-refractivity contribution in [1.82, 2.24) is 9.88 Å². The molecule has 122 valence electrons. The van der Waals surface area contributed by atoms with Gasteiger partial charge in [-0.1, -0.05) is 6.07 Å². The first-order valence-corrected chi connectivity index (χ1v) is 7.35. The van der Waals surface area contributed by atoms with E-state index in [0.29, 0.717) is 17.0 Å². The van der Waals surface area contributed by atoms with Gasteiger partial charge in [0.25, 0.3) is 5.92 Å². The molecule has 0 saturated carbocycles. The monoisotopic (exact) mass is 321 g/mol. The van der Waals surface area contributed by atoms with Crippen LogP contribution in [0.1, 0.15) is 12.8 Å². The van der Waals surface area contributed by atoms with Crippen LogP contribution in [0.15, 0.2) is 30.5 Å². The Hall–Kier alpha value is -2.44. The molecule has 3 rings (SSSR count). The lowest BCUT2D eigenvalue weighted by molar-refractivity contribution is -0.0461. The zero-order valence-electron chi connectivity index (χ0n) is 12.7. The molecular formula is C16H17F2N3O2. The summed E-state index contributed by atoms with van der Waals surface area (Å²) in [6, 6.07) is 6.74. The van der Waals surface area contributed by atoms with E-state index in [4.69, 9.17) is 4.74 Å². The number of piperidine rings is 1. The van der Waals surface area contributed by atoms with Crippen LogP contribution in [0, 0.1) is 0 Å². The summed E-state index contributed by atoms with van der Waals surface area (Å²) in [5, 5.41) is 3.58. The Morgan fingerprint density at radius 2 is 2.09 bits per heavy atom. The molecule has 5 nitrogen and oxygen atoms in total. The third kappa shape index (κ3) is 3.33. The van der Waals surface area contributed by atoms with Crippen molar-refractivity contribution in [2.45, 2.75) is 18.8 Å². The van der Waals surface area contributed by atoms with Gasteiger partial charge in [-0.15, -0.1) is 0 Å². The summed E-state index contributed by atoms with van der Waals surface area (Å²) in [5.74, 6) is -2.09. The van der Waals surface area contributed by atoms with Crippen molar-refractivity contribution >= 4 is 22.6 Å². The number of methoxy groups -OCH3 is 1. The summed E-state index contributed by atoms with van der Waals surface area (Å²) in [4.78, 5) is 18.0. The molecule has 1 aliphatic heterocycles. The van der Waals surface area contributed by atoms with Crippen molar-refractivity contribution in [2.24, 2.45) is 0 Å². The molecule has 7 heteroatoms. The molecule has 0 aliphatic carbocycles. The van der Waals surface area contributed by atoms with Gasteiger partial charge in [0.15, 0.2) is 0 Å². The molecule has 1 saturated heterocycles. The van der Waals surface area contributed by atoms with Crippen LogP contribution in [-0.2, 0) is 0 Å². The zero-order chi connectivity index (χ0) is 16.4. The van der Waals surface area contributed by atoms with Crippen LogP contribution in [0.2, 0.25) is 0 Å². The summed E-state index contributed by atoms with van der Waals surface area (Å²) in [6.07, 6.45) is 1.01. The number of ether oxygens (including phenoxy) is 1. The maximum Gasteiger partial charge on any atom is 0.321 e. The number of likely N-dealkylation sites (tertiary alicyclic amines) is 1. The number of fused-ring (bicyclic) bond motifs is 1. The molecule has 2 aromatic rings. The zero-order valence-corrected chi connectivity index (χ0v) is 12.7. The van der Waals surface area contributed by atoms with Crippen LogP contribution in [-0.4, -0.2) is 42.0 Å². The predicted octanol–water partition coefficient (Wildman–Crippen LogP) is 3.51. The summed E-state index contributed by atoms with van der Waals surface area (Å²) in [6.45, 7) is 0.0718. The van der Waals surface area contributed by atoms with Gasteiger partial charge in [0.1, 0.15) is 5.75 Å². The maximum atomic E-state index is 13.2. The van der Waals surface area contributed by atoms with Gasteiger partial charge < -0.3 is 15.0 Å². The first-order chi connectivity index (χ1) is 11.0. The largest absolute Gasteiger partial charge is 0.497 e. The van der Waals surface area contributed by atoms with Crippen LogP contribution >= 0.6 is 0 Å². The molecule has 1 N–H and O–H groups in total. The number of amides is 2. The Balaban J connectivity index is 1.82. The number of carbonyl (C=O) groups is 1. The molecule has 23 heavy (non-hydrogen) atoms. The number of benzene rings is 1. The molecule has 2 heterocycles. The van der Waals surface area contributed by atoms with Crippen LogP contribution in [0.25, 0.3) is 10.9 Å². The van der Waals surface area contributed by atoms with Crippen molar-refractivity contribution in [2.75, 3.05) is 25.5 Å². The molecule has 1 aromatic carbocycles. The average molecular weight is 321 g/mol. The van der Waals surface area contributed by atoms with Gasteiger partial charge in [0.05, 0.1) is 18.3 Å². The van der Waals surface area contributed by atoms with E-state index in [1.165, 1.54) is 12.0 Å². The number of carbonyl (C=O) groups excluding carboxylic acids is 1. The second-order valence-corrected chi connectivity index (χ2v) is 5.52. The highest BCUT2D eigenvalue weighted by molar-refractivity contribution is 6.00. The number of anilines is 1. The Morgan fingerprint density at radius 1 is 1.35 bits per heavy atom. The number of rotatable bonds is 2. The first-order valence-electron chi connectivity index (χ1n) is 7.35. The third-order valence-corrected chi connectivity index (χ3v) is 3.94. The highest BCUT2D eigenvalue weighted by Crippen LogP contribution is 2.30. The topological polar surface area (TPSA) is 54.5 Å². The van der Waals surface area contributed by atoms with Crippen molar-refractivity contribution in [1.29, 1.82) is 0 Å². The van der Waals surface area contributed by atoms with Crippen LogP contribution < -0.4 is 10.1 Å². The molecule has 1 fully saturated rings. The van der Waals surface area contributed by atoms with E-state index in [1.54, 1.807) is 18.3 Å². The van der Waals surface area contributed by atoms with Gasteiger partial charge in [-0.05, 0) is 12.1 Å². The van der Waals surface area contributed by atoms with Gasteiger partial charge in [0.2, 0.25) is 0 Å². The Kier molecular flexibility index (Phi) is 4.02. The number of hydrogen-bond donors (Lipinski definition) is 1. The molecule has 0 unspecified atom stereocenters. The van der Waals surface area contributed by atoms with Crippen LogP contribution in [0.4, 0.5) is 19.3 Å². The van der Waals surface area contributed by atoms with Crippen molar-refractivity contribution in [3.05, 3.63) is 30.5 Å². The van der Waals surface area contributed by atoms with Crippen LogP contribution in [0.5, 0.6) is 5.75 Å². The smallest absolute Gasteiger partial charge is 0.321 e. The van der Waals surface area contributed by atoms with Gasteiger partial charge in [-0.2, -0.15) is 0 Å². The number of halogens is 2. The van der Waals surface area contributed by atoms with Gasteiger partial charge in [-0.3, -0.25) is 4.98 Å². The minimum atomic E-state index is -2.68. The SMILES string of the molecule is COc1cc(NC(=O)N2CCC(F)(F)CC2)c2ncccc2c1.